The number of ether oxygens (including phenoxy) is 2. The lowest BCUT2D eigenvalue weighted by molar-refractivity contribution is -0.473. The van der Waals surface area contributed by atoms with Crippen LogP contribution in [0, 0.1) is 5.21 Å². The predicted octanol–water partition coefficient (Wildman–Crippen LogP) is 4.31. The van der Waals surface area contributed by atoms with E-state index in [-0.39, 0.29) is 17.7 Å². The summed E-state index contributed by atoms with van der Waals surface area (Å²) in [6.07, 6.45) is 0.865. The van der Waals surface area contributed by atoms with Crippen LogP contribution >= 0.6 is 0 Å². The van der Waals surface area contributed by atoms with E-state index < -0.39 is 20.2 Å². The molecule has 0 saturated carbocycles. The fourth-order valence-electron chi connectivity index (χ4n) is 2.61. The smallest absolute Gasteiger partial charge is 0.192 e. The fourth-order valence-corrected chi connectivity index (χ4v) is 3.62. The maximum Gasteiger partial charge on any atom is 0.192 e. The molecule has 1 fully saturated rings. The van der Waals surface area contributed by atoms with Gasteiger partial charge in [0.15, 0.2) is 33.0 Å². The van der Waals surface area contributed by atoms with Crippen molar-refractivity contribution in [1.82, 2.24) is 0 Å². The summed E-state index contributed by atoms with van der Waals surface area (Å²) in [5.74, 6) is -0.726. The minimum atomic E-state index is -1.89. The molecule has 6 heteroatoms. The van der Waals surface area contributed by atoms with Gasteiger partial charge < -0.3 is 19.1 Å². The van der Waals surface area contributed by atoms with Crippen LogP contribution in [0.3, 0.4) is 0 Å². The Bertz CT molecular complexity index is 622. The second-order valence-corrected chi connectivity index (χ2v) is 13.7. The number of hydrogen-bond donors (Lipinski definition) is 0. The summed E-state index contributed by atoms with van der Waals surface area (Å²) < 4.78 is 19.2. The van der Waals surface area contributed by atoms with Crippen LogP contribution in [0.4, 0.5) is 0 Å². The molecule has 0 radical (unpaired) electrons. The Morgan fingerprint density at radius 1 is 1.19 bits per heavy atom. The van der Waals surface area contributed by atoms with Gasteiger partial charge in [0.05, 0.1) is 6.61 Å². The molecule has 1 aliphatic heterocycles. The van der Waals surface area contributed by atoms with E-state index in [1.165, 1.54) is 0 Å². The van der Waals surface area contributed by atoms with Gasteiger partial charge in [-0.25, -0.2) is 4.74 Å². The lowest BCUT2D eigenvalue weighted by Gasteiger charge is -2.37. The first-order valence-electron chi connectivity index (χ1n) is 9.22. The van der Waals surface area contributed by atoms with Crippen molar-refractivity contribution in [2.75, 3.05) is 6.61 Å². The van der Waals surface area contributed by atoms with Crippen LogP contribution in [0.15, 0.2) is 30.3 Å². The van der Waals surface area contributed by atoms with Crippen LogP contribution in [0.25, 0.3) is 0 Å². The second kappa shape index (κ2) is 7.80. The highest BCUT2D eigenvalue weighted by atomic mass is 28.4. The zero-order chi connectivity index (χ0) is 19.6. The van der Waals surface area contributed by atoms with Crippen LogP contribution in [0.5, 0.6) is 0 Å². The third-order valence-corrected chi connectivity index (χ3v) is 9.63. The van der Waals surface area contributed by atoms with Gasteiger partial charge in [0.25, 0.3) is 0 Å². The van der Waals surface area contributed by atoms with Crippen LogP contribution in [0.2, 0.25) is 18.1 Å². The second-order valence-electron chi connectivity index (χ2n) is 8.92. The molecule has 1 aromatic rings. The maximum atomic E-state index is 12.4. The molecule has 0 spiro atoms. The summed E-state index contributed by atoms with van der Waals surface area (Å²) in [4.78, 5) is 0. The fraction of sp³-hybridized carbons (Fsp3) is 0.650. The van der Waals surface area contributed by atoms with E-state index in [4.69, 9.17) is 13.9 Å². The predicted molar refractivity (Wildman–Crippen MR) is 107 cm³/mol. The van der Waals surface area contributed by atoms with Crippen molar-refractivity contribution in [3.63, 3.8) is 0 Å². The number of hydrogen-bond acceptors (Lipinski definition) is 4. The molecule has 0 aliphatic carbocycles. The molecule has 0 bridgehead atoms. The standard InChI is InChI=1S/C20H33NO4Si/c1-19(2,3)26(6,7)23-15-18-17(24-20(4,5)25-18)14-21(22)13-16-11-9-8-10-12-16/h8-12,14,17-18H,13,15H2,1-7H3/b21-14-/t17-,18+/m1/s1. The topological polar surface area (TPSA) is 53.8 Å². The zero-order valence-electron chi connectivity index (χ0n) is 17.1. The zero-order valence-corrected chi connectivity index (χ0v) is 18.1. The van der Waals surface area contributed by atoms with Crippen LogP contribution in [-0.4, -0.2) is 43.9 Å². The number of hydroxylamine groups is 1. The Kier molecular flexibility index (Phi) is 6.33. The first-order valence-corrected chi connectivity index (χ1v) is 12.1. The summed E-state index contributed by atoms with van der Waals surface area (Å²) in [6, 6.07) is 9.67. The average molecular weight is 380 g/mol. The van der Waals surface area contributed by atoms with Crippen LogP contribution in [0.1, 0.15) is 40.2 Å². The molecule has 0 amide bonds. The van der Waals surface area contributed by atoms with E-state index in [9.17, 15) is 5.21 Å². The molecule has 1 heterocycles. The summed E-state index contributed by atoms with van der Waals surface area (Å²) in [6.45, 7) is 15.5. The van der Waals surface area contributed by atoms with Crippen molar-refractivity contribution < 1.29 is 18.6 Å². The van der Waals surface area contributed by atoms with Crippen LogP contribution < -0.4 is 0 Å². The third kappa shape index (κ3) is 5.64. The number of rotatable bonds is 6. The normalized spacial score (nSPS) is 24.0. The molecule has 1 aromatic carbocycles. The first-order chi connectivity index (χ1) is 11.9. The molecule has 1 aliphatic rings. The monoisotopic (exact) mass is 379 g/mol. The molecular formula is C20H33NO4Si. The largest absolute Gasteiger partial charge is 0.624 e. The van der Waals surface area contributed by atoms with Gasteiger partial charge in [0, 0.05) is 5.56 Å². The molecule has 2 atom stereocenters. The van der Waals surface area contributed by atoms with Crippen molar-refractivity contribution in [3.8, 4) is 0 Å². The van der Waals surface area contributed by atoms with E-state index in [2.05, 4.69) is 33.9 Å². The molecule has 5 nitrogen and oxygen atoms in total. The van der Waals surface area contributed by atoms with Crippen molar-refractivity contribution in [2.45, 2.75) is 77.3 Å². The summed E-state index contributed by atoms with van der Waals surface area (Å²) >= 11 is 0. The lowest BCUT2D eigenvalue weighted by atomic mass is 10.2. The quantitative estimate of drug-likeness (QED) is 0.243. The average Bonchev–Trinajstić information content (AvgIpc) is 2.79. The Morgan fingerprint density at radius 3 is 2.38 bits per heavy atom. The van der Waals surface area contributed by atoms with Gasteiger partial charge in [0.2, 0.25) is 0 Å². The number of nitrogens with zero attached hydrogens (tertiary/aromatic N) is 1. The summed E-state index contributed by atoms with van der Waals surface area (Å²) in [5.41, 5.74) is 0.964. The van der Waals surface area contributed by atoms with Gasteiger partial charge in [-0.15, -0.1) is 0 Å². The molecular weight excluding hydrogens is 346 g/mol. The van der Waals surface area contributed by atoms with Crippen molar-refractivity contribution in [2.24, 2.45) is 0 Å². The lowest BCUT2D eigenvalue weighted by Crippen LogP contribution is -2.44. The van der Waals surface area contributed by atoms with Gasteiger partial charge in [-0.05, 0) is 32.0 Å². The molecule has 0 N–H and O–H groups in total. The minimum absolute atomic E-state index is 0.124. The molecule has 1 saturated heterocycles. The van der Waals surface area contributed by atoms with Gasteiger partial charge in [0.1, 0.15) is 6.10 Å². The van der Waals surface area contributed by atoms with E-state index in [0.717, 1.165) is 10.3 Å². The van der Waals surface area contributed by atoms with Gasteiger partial charge in [-0.1, -0.05) is 51.1 Å². The van der Waals surface area contributed by atoms with E-state index in [1.807, 2.05) is 44.2 Å². The van der Waals surface area contributed by atoms with E-state index in [1.54, 1.807) is 6.21 Å². The van der Waals surface area contributed by atoms with Gasteiger partial charge in [-0.2, -0.15) is 0 Å². The van der Waals surface area contributed by atoms with Crippen molar-refractivity contribution >= 4 is 14.5 Å². The molecule has 0 unspecified atom stereocenters. The minimum Gasteiger partial charge on any atom is -0.624 e. The van der Waals surface area contributed by atoms with Crippen LogP contribution in [-0.2, 0) is 20.4 Å². The Hall–Kier alpha value is -1.21. The highest BCUT2D eigenvalue weighted by molar-refractivity contribution is 6.74. The highest BCUT2D eigenvalue weighted by Crippen LogP contribution is 2.37. The molecule has 26 heavy (non-hydrogen) atoms. The highest BCUT2D eigenvalue weighted by Gasteiger charge is 2.45. The first kappa shape index (κ1) is 21.1. The molecule has 146 valence electrons. The Balaban J connectivity index is 2.06. The van der Waals surface area contributed by atoms with Gasteiger partial charge >= 0.3 is 0 Å². The van der Waals surface area contributed by atoms with Gasteiger partial charge in [-0.3, -0.25) is 0 Å². The SMILES string of the molecule is CC1(C)O[C@@H](CO[Si](C)(C)C(C)(C)C)[C@@H](/C=[N+](\[O-])Cc2ccccc2)O1. The Morgan fingerprint density at radius 2 is 1.81 bits per heavy atom. The van der Waals surface area contributed by atoms with E-state index >= 15 is 0 Å². The third-order valence-electron chi connectivity index (χ3n) is 5.13. The van der Waals surface area contributed by atoms with Crippen molar-refractivity contribution in [1.29, 1.82) is 0 Å². The molecule has 0 aromatic heterocycles. The summed E-state index contributed by atoms with van der Waals surface area (Å²) in [7, 11) is -1.89. The maximum absolute atomic E-state index is 12.4. The summed E-state index contributed by atoms with van der Waals surface area (Å²) in [5, 5.41) is 12.5. The number of benzene rings is 1. The molecule has 2 rings (SSSR count). The van der Waals surface area contributed by atoms with Crippen molar-refractivity contribution in [3.05, 3.63) is 41.1 Å². The Labute approximate surface area is 158 Å². The van der Waals surface area contributed by atoms with E-state index in [0.29, 0.717) is 6.61 Å².